The van der Waals surface area contributed by atoms with Crippen molar-refractivity contribution < 1.29 is 9.59 Å². The number of nitrogen functional groups attached to an aromatic ring is 1. The van der Waals surface area contributed by atoms with Crippen LogP contribution in [0.2, 0.25) is 0 Å². The van der Waals surface area contributed by atoms with Gasteiger partial charge >= 0.3 is 0 Å². The van der Waals surface area contributed by atoms with Crippen LogP contribution >= 0.6 is 0 Å². The molecule has 0 spiro atoms. The van der Waals surface area contributed by atoms with Gasteiger partial charge in [0, 0.05) is 30.5 Å². The summed E-state index contributed by atoms with van der Waals surface area (Å²) < 4.78 is 0. The minimum Gasteiger partial charge on any atom is -0.383 e. The zero-order valence-electron chi connectivity index (χ0n) is 19.3. The maximum atomic E-state index is 13.4. The Labute approximate surface area is 194 Å². The van der Waals surface area contributed by atoms with Gasteiger partial charge in [0.2, 0.25) is 5.91 Å². The molecule has 2 fully saturated rings. The molecule has 2 amide bonds. The number of pyridine rings is 1. The van der Waals surface area contributed by atoms with Crippen molar-refractivity contribution in [1.29, 1.82) is 0 Å². The molecule has 1 saturated carbocycles. The Kier molecular flexibility index (Phi) is 6.00. The van der Waals surface area contributed by atoms with Gasteiger partial charge in [0.25, 0.3) is 5.91 Å². The highest BCUT2D eigenvalue weighted by atomic mass is 16.2. The number of aryl methyl sites for hydroxylation is 1. The largest absolute Gasteiger partial charge is 0.383 e. The molecule has 1 atom stereocenters. The Morgan fingerprint density at radius 2 is 1.91 bits per heavy atom. The van der Waals surface area contributed by atoms with Crippen LogP contribution in [0.5, 0.6) is 0 Å². The molecule has 5 rings (SSSR count). The van der Waals surface area contributed by atoms with Gasteiger partial charge in [-0.15, -0.1) is 0 Å². The van der Waals surface area contributed by atoms with Crippen molar-refractivity contribution in [2.24, 2.45) is 5.92 Å². The standard InChI is InChI=1S/C25H32N6O2/c1-16-19-14-21(32)31(15-17-8-3-2-4-9-17)24(19)29-23(28-16)20-11-5-6-13-30(20)25(33)18-10-7-12-27-22(18)26/h7,10,12,17,20H,2-6,8-9,11,13-15H2,1H3,(H2,26,27)/t20-/m1/s1. The molecule has 8 nitrogen and oxygen atoms in total. The van der Waals surface area contributed by atoms with Gasteiger partial charge in [0.1, 0.15) is 11.6 Å². The molecule has 1 aliphatic carbocycles. The smallest absolute Gasteiger partial charge is 0.258 e. The van der Waals surface area contributed by atoms with E-state index < -0.39 is 0 Å². The van der Waals surface area contributed by atoms with Gasteiger partial charge in [-0.1, -0.05) is 19.3 Å². The third-order valence-corrected chi connectivity index (χ3v) is 7.39. The van der Waals surface area contributed by atoms with E-state index in [9.17, 15) is 9.59 Å². The van der Waals surface area contributed by atoms with E-state index in [1.165, 1.54) is 32.1 Å². The van der Waals surface area contributed by atoms with E-state index in [1.54, 1.807) is 18.3 Å². The number of nitrogens with two attached hydrogens (primary N) is 1. The lowest BCUT2D eigenvalue weighted by Crippen LogP contribution is -2.40. The molecule has 174 valence electrons. The summed E-state index contributed by atoms with van der Waals surface area (Å²) in [4.78, 5) is 43.8. The van der Waals surface area contributed by atoms with Crippen LogP contribution < -0.4 is 10.6 Å². The third-order valence-electron chi connectivity index (χ3n) is 7.39. The molecule has 2 N–H and O–H groups in total. The number of anilines is 2. The number of likely N-dealkylation sites (tertiary alicyclic amines) is 1. The normalized spacial score (nSPS) is 21.4. The Morgan fingerprint density at radius 1 is 1.12 bits per heavy atom. The van der Waals surface area contributed by atoms with E-state index in [1.807, 2.05) is 16.7 Å². The maximum absolute atomic E-state index is 13.4. The van der Waals surface area contributed by atoms with Crippen molar-refractivity contribution in [3.05, 3.63) is 41.0 Å². The molecule has 2 aromatic rings. The van der Waals surface area contributed by atoms with E-state index in [-0.39, 0.29) is 23.7 Å². The van der Waals surface area contributed by atoms with Crippen molar-refractivity contribution in [1.82, 2.24) is 19.9 Å². The SMILES string of the molecule is Cc1nc([C@H]2CCCCN2C(=O)c2cccnc2N)nc2c1CC(=O)N2CC1CCCCC1. The summed E-state index contributed by atoms with van der Waals surface area (Å²) in [6.07, 6.45) is 10.8. The zero-order valence-corrected chi connectivity index (χ0v) is 19.3. The van der Waals surface area contributed by atoms with E-state index in [0.717, 1.165) is 42.9 Å². The van der Waals surface area contributed by atoms with Crippen LogP contribution in [-0.2, 0) is 11.2 Å². The van der Waals surface area contributed by atoms with Gasteiger partial charge in [-0.05, 0) is 57.1 Å². The molecule has 2 aliphatic heterocycles. The summed E-state index contributed by atoms with van der Waals surface area (Å²) in [7, 11) is 0. The lowest BCUT2D eigenvalue weighted by atomic mass is 9.89. The Bertz CT molecular complexity index is 1060. The highest BCUT2D eigenvalue weighted by Crippen LogP contribution is 2.36. The van der Waals surface area contributed by atoms with E-state index in [4.69, 9.17) is 15.7 Å². The van der Waals surface area contributed by atoms with Gasteiger partial charge in [-0.2, -0.15) is 0 Å². The second kappa shape index (κ2) is 9.08. The van der Waals surface area contributed by atoms with Gasteiger partial charge in [0.15, 0.2) is 5.82 Å². The quantitative estimate of drug-likeness (QED) is 0.766. The number of nitrogens with zero attached hydrogens (tertiary/aromatic N) is 5. The number of hydrogen-bond donors (Lipinski definition) is 1. The lowest BCUT2D eigenvalue weighted by Gasteiger charge is -2.35. The molecule has 1 saturated heterocycles. The number of piperidine rings is 1. The topological polar surface area (TPSA) is 105 Å². The van der Waals surface area contributed by atoms with Crippen molar-refractivity contribution in [3.63, 3.8) is 0 Å². The van der Waals surface area contributed by atoms with Gasteiger partial charge < -0.3 is 10.6 Å². The number of aromatic nitrogens is 3. The number of carbonyl (C=O) groups excluding carboxylic acids is 2. The highest BCUT2D eigenvalue weighted by molar-refractivity contribution is 6.00. The first-order valence-corrected chi connectivity index (χ1v) is 12.2. The zero-order chi connectivity index (χ0) is 22.9. The number of hydrogen-bond acceptors (Lipinski definition) is 6. The summed E-state index contributed by atoms with van der Waals surface area (Å²) in [5, 5.41) is 0. The van der Waals surface area contributed by atoms with Crippen molar-refractivity contribution in [2.45, 2.75) is 70.8 Å². The van der Waals surface area contributed by atoms with E-state index >= 15 is 0 Å². The Morgan fingerprint density at radius 3 is 2.70 bits per heavy atom. The Hall–Kier alpha value is -3.03. The van der Waals surface area contributed by atoms with Gasteiger partial charge in [-0.25, -0.2) is 15.0 Å². The van der Waals surface area contributed by atoms with Crippen LogP contribution in [0.15, 0.2) is 18.3 Å². The molecule has 0 aromatic carbocycles. The molecule has 2 aromatic heterocycles. The van der Waals surface area contributed by atoms with Crippen LogP contribution in [0.4, 0.5) is 11.6 Å². The summed E-state index contributed by atoms with van der Waals surface area (Å²) in [6.45, 7) is 3.32. The average molecular weight is 449 g/mol. The molecule has 0 unspecified atom stereocenters. The molecule has 33 heavy (non-hydrogen) atoms. The number of carbonyl (C=O) groups is 2. The van der Waals surface area contributed by atoms with Crippen molar-refractivity contribution in [3.8, 4) is 0 Å². The number of rotatable bonds is 4. The molecule has 8 heteroatoms. The first kappa shape index (κ1) is 21.8. The third kappa shape index (κ3) is 4.18. The average Bonchev–Trinajstić information content (AvgIpc) is 3.15. The van der Waals surface area contributed by atoms with Gasteiger partial charge in [0.05, 0.1) is 18.0 Å². The highest BCUT2D eigenvalue weighted by Gasteiger charge is 2.37. The summed E-state index contributed by atoms with van der Waals surface area (Å²) >= 11 is 0. The molecular weight excluding hydrogens is 416 g/mol. The van der Waals surface area contributed by atoms with E-state index in [2.05, 4.69) is 4.98 Å². The van der Waals surface area contributed by atoms with Crippen LogP contribution in [0.25, 0.3) is 0 Å². The maximum Gasteiger partial charge on any atom is 0.258 e. The fourth-order valence-electron chi connectivity index (χ4n) is 5.56. The fourth-order valence-corrected chi connectivity index (χ4v) is 5.56. The summed E-state index contributed by atoms with van der Waals surface area (Å²) in [5.74, 6) is 2.14. The predicted octanol–water partition coefficient (Wildman–Crippen LogP) is 3.60. The monoisotopic (exact) mass is 448 g/mol. The van der Waals surface area contributed by atoms with Crippen LogP contribution in [0.1, 0.15) is 84.8 Å². The molecule has 3 aliphatic rings. The molecular formula is C25H32N6O2. The fraction of sp³-hybridized carbons (Fsp3) is 0.560. The summed E-state index contributed by atoms with van der Waals surface area (Å²) in [6, 6.07) is 3.21. The molecule has 0 bridgehead atoms. The van der Waals surface area contributed by atoms with Crippen LogP contribution in [0, 0.1) is 12.8 Å². The Balaban J connectivity index is 1.46. The number of amides is 2. The van der Waals surface area contributed by atoms with Crippen molar-refractivity contribution in [2.75, 3.05) is 23.7 Å². The van der Waals surface area contributed by atoms with Gasteiger partial charge in [-0.3, -0.25) is 14.5 Å². The predicted molar refractivity (Wildman–Crippen MR) is 126 cm³/mol. The minimum absolute atomic E-state index is 0.116. The minimum atomic E-state index is -0.234. The molecule has 4 heterocycles. The summed E-state index contributed by atoms with van der Waals surface area (Å²) in [5.41, 5.74) is 8.19. The van der Waals surface area contributed by atoms with Crippen LogP contribution in [0.3, 0.4) is 0 Å². The first-order chi connectivity index (χ1) is 16.0. The van der Waals surface area contributed by atoms with Crippen LogP contribution in [-0.4, -0.2) is 44.8 Å². The van der Waals surface area contributed by atoms with Crippen molar-refractivity contribution >= 4 is 23.5 Å². The number of fused-ring (bicyclic) bond motifs is 1. The molecule has 0 radical (unpaired) electrons. The second-order valence-corrected chi connectivity index (χ2v) is 9.60. The van der Waals surface area contributed by atoms with E-state index in [0.29, 0.717) is 30.3 Å². The second-order valence-electron chi connectivity index (χ2n) is 9.60. The first-order valence-electron chi connectivity index (χ1n) is 12.2. The lowest BCUT2D eigenvalue weighted by molar-refractivity contribution is -0.117.